The third-order valence-electron chi connectivity index (χ3n) is 5.57. The number of carbonyl (C=O) groups is 3. The van der Waals surface area contributed by atoms with Crippen LogP contribution in [0.5, 0.6) is 0 Å². The fourth-order valence-corrected chi connectivity index (χ4v) is 4.71. The Labute approximate surface area is 162 Å². The summed E-state index contributed by atoms with van der Waals surface area (Å²) in [6.45, 7) is 2.51. The van der Waals surface area contributed by atoms with Crippen LogP contribution in [0, 0.1) is 5.41 Å². The summed E-state index contributed by atoms with van der Waals surface area (Å²) in [5.41, 5.74) is 1.36. The summed E-state index contributed by atoms with van der Waals surface area (Å²) in [7, 11) is 0. The average molecular weight is 399 g/mol. The molecule has 0 aromatic carbocycles. The van der Waals surface area contributed by atoms with Crippen LogP contribution in [0.4, 0.5) is 4.79 Å². The van der Waals surface area contributed by atoms with Gasteiger partial charge in [0, 0.05) is 12.6 Å². The first-order valence-electron chi connectivity index (χ1n) is 8.67. The van der Waals surface area contributed by atoms with Gasteiger partial charge in [0.15, 0.2) is 0 Å². The number of thiophene rings is 1. The van der Waals surface area contributed by atoms with Gasteiger partial charge in [-0.2, -0.15) is 11.3 Å². The Morgan fingerprint density at radius 3 is 2.73 bits per heavy atom. The van der Waals surface area contributed by atoms with Gasteiger partial charge in [-0.3, -0.25) is 14.9 Å². The Morgan fingerprint density at radius 2 is 2.12 bits per heavy atom. The Balaban J connectivity index is 0.00000196. The number of hydrogen-bond donors (Lipinski definition) is 2. The zero-order valence-corrected chi connectivity index (χ0v) is 16.0. The van der Waals surface area contributed by atoms with Crippen LogP contribution < -0.4 is 10.6 Å². The number of hydrogen-bond acceptors (Lipinski definition) is 5. The SMILES string of the molecule is Cl.O=C1CN(CC(=O)N(Cc2ccsc2)C2CC23CCNCC3)C(=O)N1. The monoisotopic (exact) mass is 398 g/mol. The summed E-state index contributed by atoms with van der Waals surface area (Å²) in [6, 6.07) is 1.80. The van der Waals surface area contributed by atoms with Crippen molar-refractivity contribution in [3.63, 3.8) is 0 Å². The number of nitrogens with zero attached hydrogens (tertiary/aromatic N) is 2. The molecule has 2 saturated heterocycles. The van der Waals surface area contributed by atoms with E-state index in [0.29, 0.717) is 6.54 Å². The summed E-state index contributed by atoms with van der Waals surface area (Å²) in [6.07, 6.45) is 3.22. The molecule has 1 saturated carbocycles. The molecule has 3 heterocycles. The lowest BCUT2D eigenvalue weighted by atomic mass is 9.93. The Kier molecular flexibility index (Phi) is 5.55. The zero-order valence-electron chi connectivity index (χ0n) is 14.4. The predicted octanol–water partition coefficient (Wildman–Crippen LogP) is 1.19. The van der Waals surface area contributed by atoms with Crippen LogP contribution in [0.2, 0.25) is 0 Å². The number of carbonyl (C=O) groups excluding carboxylic acids is 3. The fraction of sp³-hybridized carbons (Fsp3) is 0.588. The van der Waals surface area contributed by atoms with E-state index < -0.39 is 6.03 Å². The number of imide groups is 1. The molecule has 2 aliphatic heterocycles. The van der Waals surface area contributed by atoms with E-state index in [4.69, 9.17) is 0 Å². The highest BCUT2D eigenvalue weighted by Crippen LogP contribution is 2.56. The highest BCUT2D eigenvalue weighted by atomic mass is 35.5. The summed E-state index contributed by atoms with van der Waals surface area (Å²) in [5, 5.41) is 9.68. The van der Waals surface area contributed by atoms with Gasteiger partial charge in [0.25, 0.3) is 0 Å². The molecule has 4 amide bonds. The normalized spacial score (nSPS) is 23.5. The molecule has 1 atom stereocenters. The fourth-order valence-electron chi connectivity index (χ4n) is 4.05. The van der Waals surface area contributed by atoms with Crippen molar-refractivity contribution in [3.8, 4) is 0 Å². The van der Waals surface area contributed by atoms with Crippen LogP contribution >= 0.6 is 23.7 Å². The number of nitrogens with one attached hydrogen (secondary N) is 2. The molecule has 1 aromatic rings. The number of urea groups is 1. The molecule has 1 aromatic heterocycles. The van der Waals surface area contributed by atoms with Gasteiger partial charge in [-0.1, -0.05) is 0 Å². The molecule has 26 heavy (non-hydrogen) atoms. The van der Waals surface area contributed by atoms with Crippen molar-refractivity contribution in [1.29, 1.82) is 0 Å². The van der Waals surface area contributed by atoms with Crippen LogP contribution in [0.3, 0.4) is 0 Å². The van der Waals surface area contributed by atoms with E-state index in [0.717, 1.165) is 37.9 Å². The maximum absolute atomic E-state index is 13.0. The molecular weight excluding hydrogens is 376 g/mol. The van der Waals surface area contributed by atoms with E-state index in [1.54, 1.807) is 11.3 Å². The zero-order chi connectivity index (χ0) is 17.4. The lowest BCUT2D eigenvalue weighted by molar-refractivity contribution is -0.133. The van der Waals surface area contributed by atoms with E-state index in [9.17, 15) is 14.4 Å². The van der Waals surface area contributed by atoms with Gasteiger partial charge in [-0.15, -0.1) is 12.4 Å². The van der Waals surface area contributed by atoms with Crippen molar-refractivity contribution in [2.75, 3.05) is 26.2 Å². The second-order valence-electron chi connectivity index (χ2n) is 7.19. The van der Waals surface area contributed by atoms with Crippen LogP contribution in [0.15, 0.2) is 16.8 Å². The van der Waals surface area contributed by atoms with Crippen molar-refractivity contribution in [3.05, 3.63) is 22.4 Å². The van der Waals surface area contributed by atoms with Gasteiger partial charge in [-0.05, 0) is 60.2 Å². The third-order valence-corrected chi connectivity index (χ3v) is 6.30. The Hall–Kier alpha value is -1.64. The molecule has 142 valence electrons. The Morgan fingerprint density at radius 1 is 1.35 bits per heavy atom. The maximum Gasteiger partial charge on any atom is 0.325 e. The molecule has 7 nitrogen and oxygen atoms in total. The lowest BCUT2D eigenvalue weighted by Crippen LogP contribution is -2.44. The minimum atomic E-state index is -0.471. The van der Waals surface area contributed by atoms with E-state index in [1.807, 2.05) is 16.3 Å². The number of rotatable bonds is 5. The third kappa shape index (κ3) is 3.72. The summed E-state index contributed by atoms with van der Waals surface area (Å²) in [5.74, 6) is -0.417. The van der Waals surface area contributed by atoms with Crippen molar-refractivity contribution in [2.24, 2.45) is 5.41 Å². The average Bonchev–Trinajstić information content (AvgIpc) is 2.94. The molecule has 2 N–H and O–H groups in total. The molecule has 9 heteroatoms. The van der Waals surface area contributed by atoms with E-state index >= 15 is 0 Å². The number of halogens is 1. The van der Waals surface area contributed by atoms with Crippen molar-refractivity contribution in [2.45, 2.75) is 31.8 Å². The second kappa shape index (κ2) is 7.54. The van der Waals surface area contributed by atoms with Gasteiger partial charge >= 0.3 is 6.03 Å². The molecule has 1 unspecified atom stereocenters. The Bertz CT molecular complexity index is 690. The smallest absolute Gasteiger partial charge is 0.325 e. The molecule has 1 spiro atoms. The quantitative estimate of drug-likeness (QED) is 0.730. The van der Waals surface area contributed by atoms with Crippen molar-refractivity contribution in [1.82, 2.24) is 20.4 Å². The maximum atomic E-state index is 13.0. The van der Waals surface area contributed by atoms with Gasteiger partial charge < -0.3 is 15.1 Å². The first-order chi connectivity index (χ1) is 12.1. The molecule has 3 aliphatic rings. The summed E-state index contributed by atoms with van der Waals surface area (Å²) < 4.78 is 0. The first-order valence-corrected chi connectivity index (χ1v) is 9.62. The molecule has 3 fully saturated rings. The second-order valence-corrected chi connectivity index (χ2v) is 7.97. The van der Waals surface area contributed by atoms with Gasteiger partial charge in [0.05, 0.1) is 0 Å². The van der Waals surface area contributed by atoms with Crippen molar-refractivity contribution < 1.29 is 14.4 Å². The number of piperidine rings is 1. The largest absolute Gasteiger partial charge is 0.333 e. The highest BCUT2D eigenvalue weighted by Gasteiger charge is 2.57. The van der Waals surface area contributed by atoms with Crippen LogP contribution in [0.25, 0.3) is 0 Å². The predicted molar refractivity (Wildman–Crippen MR) is 100 cm³/mol. The van der Waals surface area contributed by atoms with E-state index in [1.165, 1.54) is 4.90 Å². The van der Waals surface area contributed by atoms with E-state index in [2.05, 4.69) is 16.0 Å². The van der Waals surface area contributed by atoms with Gasteiger partial charge in [0.1, 0.15) is 13.1 Å². The first kappa shape index (κ1) is 19.1. The molecule has 0 radical (unpaired) electrons. The van der Waals surface area contributed by atoms with Gasteiger partial charge in [-0.25, -0.2) is 4.79 Å². The molecule has 4 rings (SSSR count). The summed E-state index contributed by atoms with van der Waals surface area (Å²) >= 11 is 1.62. The highest BCUT2D eigenvalue weighted by molar-refractivity contribution is 7.07. The van der Waals surface area contributed by atoms with Gasteiger partial charge in [0.2, 0.25) is 11.8 Å². The topological polar surface area (TPSA) is 81.8 Å². The van der Waals surface area contributed by atoms with Crippen LogP contribution in [-0.2, 0) is 16.1 Å². The summed E-state index contributed by atoms with van der Waals surface area (Å²) in [4.78, 5) is 39.3. The number of amides is 4. The van der Waals surface area contributed by atoms with Crippen LogP contribution in [-0.4, -0.2) is 59.9 Å². The minimum Gasteiger partial charge on any atom is -0.333 e. The molecule has 0 bridgehead atoms. The van der Waals surface area contributed by atoms with Crippen molar-refractivity contribution >= 4 is 41.6 Å². The molecular formula is C17H23ClN4O3S. The van der Waals surface area contributed by atoms with Crippen LogP contribution in [0.1, 0.15) is 24.8 Å². The standard InChI is InChI=1S/C17H22N4O3S.ClH/c22-14-9-20(16(24)19-14)10-15(23)21(8-12-1-6-25-11-12)13-7-17(13)2-4-18-5-3-17;/h1,6,11,13,18H,2-5,7-10H2,(H,19,22,24);1H. The van der Waals surface area contributed by atoms with E-state index in [-0.39, 0.29) is 48.8 Å². The lowest BCUT2D eigenvalue weighted by Gasteiger charge is -2.30. The minimum absolute atomic E-state index is 0. The molecule has 1 aliphatic carbocycles.